The third-order valence-corrected chi connectivity index (χ3v) is 4.47. The molecular formula is C19H23N5O2. The van der Waals surface area contributed by atoms with Gasteiger partial charge in [-0.2, -0.15) is 0 Å². The summed E-state index contributed by atoms with van der Waals surface area (Å²) in [6.45, 7) is 5.88. The van der Waals surface area contributed by atoms with Gasteiger partial charge in [-0.15, -0.1) is 0 Å². The summed E-state index contributed by atoms with van der Waals surface area (Å²) in [4.78, 5) is 31.9. The van der Waals surface area contributed by atoms with Crippen molar-refractivity contribution in [3.8, 4) is 0 Å². The molecule has 0 aliphatic carbocycles. The number of nitrogens with zero attached hydrogens (tertiary/aromatic N) is 3. The maximum absolute atomic E-state index is 11.8. The lowest BCUT2D eigenvalue weighted by Gasteiger charge is -2.36. The van der Waals surface area contributed by atoms with Crippen molar-refractivity contribution in [3.05, 3.63) is 53.7 Å². The highest BCUT2D eigenvalue weighted by molar-refractivity contribution is 5.94. The second-order valence-electron chi connectivity index (χ2n) is 6.15. The number of nitrogens with one attached hydrogen (secondary N) is 1. The Balaban J connectivity index is 1.59. The van der Waals surface area contributed by atoms with E-state index in [2.05, 4.69) is 20.1 Å². The molecule has 1 aliphatic rings. The van der Waals surface area contributed by atoms with E-state index < -0.39 is 5.91 Å². The Morgan fingerprint density at radius 3 is 2.15 bits per heavy atom. The molecule has 1 aromatic carbocycles. The SMILES string of the molecule is CCNC(=O)c1ccc(N2CCN(c3ccc(C(N)=O)cc3)CC2)nc1. The highest BCUT2D eigenvalue weighted by atomic mass is 16.2. The van der Waals surface area contributed by atoms with E-state index in [0.29, 0.717) is 17.7 Å². The quantitative estimate of drug-likeness (QED) is 0.844. The number of hydrogen-bond donors (Lipinski definition) is 2. The van der Waals surface area contributed by atoms with Crippen LogP contribution in [0.25, 0.3) is 0 Å². The van der Waals surface area contributed by atoms with Crippen molar-refractivity contribution in [1.82, 2.24) is 10.3 Å². The summed E-state index contributed by atoms with van der Waals surface area (Å²) in [6, 6.07) is 11.1. The van der Waals surface area contributed by atoms with Gasteiger partial charge >= 0.3 is 0 Å². The molecule has 0 atom stereocenters. The van der Waals surface area contributed by atoms with Gasteiger partial charge in [0.15, 0.2) is 0 Å². The van der Waals surface area contributed by atoms with E-state index in [-0.39, 0.29) is 5.91 Å². The molecule has 2 heterocycles. The van der Waals surface area contributed by atoms with Gasteiger partial charge in [-0.3, -0.25) is 9.59 Å². The molecule has 7 heteroatoms. The Morgan fingerprint density at radius 1 is 1.00 bits per heavy atom. The van der Waals surface area contributed by atoms with E-state index in [0.717, 1.165) is 37.7 Å². The van der Waals surface area contributed by atoms with Gasteiger partial charge in [0, 0.05) is 50.2 Å². The molecule has 2 amide bonds. The number of benzene rings is 1. The number of amides is 2. The van der Waals surface area contributed by atoms with Crippen LogP contribution in [0.5, 0.6) is 0 Å². The predicted octanol–water partition coefficient (Wildman–Crippen LogP) is 1.26. The van der Waals surface area contributed by atoms with Crippen LogP contribution in [0.2, 0.25) is 0 Å². The minimum atomic E-state index is -0.413. The summed E-state index contributed by atoms with van der Waals surface area (Å²) in [5, 5.41) is 2.77. The van der Waals surface area contributed by atoms with Crippen LogP contribution in [-0.4, -0.2) is 49.5 Å². The molecule has 1 aliphatic heterocycles. The number of nitrogens with two attached hydrogens (primary N) is 1. The first-order valence-corrected chi connectivity index (χ1v) is 8.72. The minimum Gasteiger partial charge on any atom is -0.368 e. The van der Waals surface area contributed by atoms with E-state index >= 15 is 0 Å². The zero-order chi connectivity index (χ0) is 18.5. The Bertz CT molecular complexity index is 766. The topological polar surface area (TPSA) is 91.6 Å². The zero-order valence-corrected chi connectivity index (χ0v) is 14.8. The Labute approximate surface area is 152 Å². The molecule has 0 unspecified atom stereocenters. The Hall–Kier alpha value is -3.09. The number of primary amides is 1. The molecule has 26 heavy (non-hydrogen) atoms. The normalized spacial score (nSPS) is 14.2. The van der Waals surface area contributed by atoms with Crippen LogP contribution < -0.4 is 20.9 Å². The summed E-state index contributed by atoms with van der Waals surface area (Å²) in [5.41, 5.74) is 7.45. The smallest absolute Gasteiger partial charge is 0.252 e. The molecule has 1 fully saturated rings. The first kappa shape index (κ1) is 17.7. The first-order chi connectivity index (χ1) is 12.6. The third kappa shape index (κ3) is 3.93. The van der Waals surface area contributed by atoms with Crippen molar-refractivity contribution >= 4 is 23.3 Å². The maximum atomic E-state index is 11.8. The molecule has 0 radical (unpaired) electrons. The van der Waals surface area contributed by atoms with Crippen LogP contribution >= 0.6 is 0 Å². The second-order valence-corrected chi connectivity index (χ2v) is 6.15. The molecule has 0 spiro atoms. The van der Waals surface area contributed by atoms with Crippen LogP contribution in [0.3, 0.4) is 0 Å². The Kier molecular flexibility index (Phi) is 5.36. The third-order valence-electron chi connectivity index (χ3n) is 4.47. The van der Waals surface area contributed by atoms with Crippen LogP contribution in [-0.2, 0) is 0 Å². The van der Waals surface area contributed by atoms with Gasteiger partial charge in [-0.05, 0) is 43.3 Å². The van der Waals surface area contributed by atoms with Crippen LogP contribution in [0.1, 0.15) is 27.6 Å². The molecule has 0 saturated carbocycles. The standard InChI is InChI=1S/C19H23N5O2/c1-2-21-19(26)15-5-8-17(22-13-15)24-11-9-23(10-12-24)16-6-3-14(4-7-16)18(20)25/h3-8,13H,2,9-12H2,1H3,(H2,20,25)(H,21,26). The molecule has 1 saturated heterocycles. The molecule has 1 aromatic heterocycles. The van der Waals surface area contributed by atoms with Gasteiger partial charge in [-0.1, -0.05) is 0 Å². The van der Waals surface area contributed by atoms with E-state index in [9.17, 15) is 9.59 Å². The van der Waals surface area contributed by atoms with Crippen molar-refractivity contribution in [3.63, 3.8) is 0 Å². The lowest BCUT2D eigenvalue weighted by molar-refractivity contribution is 0.0954. The molecule has 3 rings (SSSR count). The van der Waals surface area contributed by atoms with E-state index in [1.54, 1.807) is 18.3 Å². The number of piperazine rings is 1. The number of rotatable bonds is 5. The van der Waals surface area contributed by atoms with Crippen LogP contribution in [0.15, 0.2) is 42.6 Å². The van der Waals surface area contributed by atoms with Crippen molar-refractivity contribution < 1.29 is 9.59 Å². The molecule has 136 valence electrons. The summed E-state index contributed by atoms with van der Waals surface area (Å²) in [5.74, 6) is 0.362. The lowest BCUT2D eigenvalue weighted by atomic mass is 10.1. The minimum absolute atomic E-state index is 0.101. The highest BCUT2D eigenvalue weighted by Gasteiger charge is 2.19. The van der Waals surface area contributed by atoms with Gasteiger partial charge in [0.2, 0.25) is 5.91 Å². The zero-order valence-electron chi connectivity index (χ0n) is 14.8. The fraction of sp³-hybridized carbons (Fsp3) is 0.316. The van der Waals surface area contributed by atoms with E-state index in [1.165, 1.54) is 0 Å². The Morgan fingerprint density at radius 2 is 1.62 bits per heavy atom. The average molecular weight is 353 g/mol. The summed E-state index contributed by atoms with van der Waals surface area (Å²) < 4.78 is 0. The number of pyridine rings is 1. The highest BCUT2D eigenvalue weighted by Crippen LogP contribution is 2.20. The van der Waals surface area contributed by atoms with E-state index in [4.69, 9.17) is 5.73 Å². The predicted molar refractivity (Wildman–Crippen MR) is 102 cm³/mol. The first-order valence-electron chi connectivity index (χ1n) is 8.72. The van der Waals surface area contributed by atoms with Crippen LogP contribution in [0, 0.1) is 0 Å². The lowest BCUT2D eigenvalue weighted by Crippen LogP contribution is -2.46. The van der Waals surface area contributed by atoms with Crippen molar-refractivity contribution in [1.29, 1.82) is 0 Å². The van der Waals surface area contributed by atoms with E-state index in [1.807, 2.05) is 31.2 Å². The largest absolute Gasteiger partial charge is 0.368 e. The summed E-state index contributed by atoms with van der Waals surface area (Å²) in [6.07, 6.45) is 1.62. The molecule has 7 nitrogen and oxygen atoms in total. The second kappa shape index (κ2) is 7.86. The summed E-state index contributed by atoms with van der Waals surface area (Å²) in [7, 11) is 0. The van der Waals surface area contributed by atoms with Gasteiger partial charge in [0.05, 0.1) is 5.56 Å². The number of anilines is 2. The van der Waals surface area contributed by atoms with Crippen LogP contribution in [0.4, 0.5) is 11.5 Å². The monoisotopic (exact) mass is 353 g/mol. The molecule has 3 N–H and O–H groups in total. The number of hydrogen-bond acceptors (Lipinski definition) is 5. The van der Waals surface area contributed by atoms with Gasteiger partial charge in [-0.25, -0.2) is 4.98 Å². The number of carbonyl (C=O) groups excluding carboxylic acids is 2. The fourth-order valence-electron chi connectivity index (χ4n) is 3.00. The number of carbonyl (C=O) groups is 2. The van der Waals surface area contributed by atoms with Crippen molar-refractivity contribution in [2.45, 2.75) is 6.92 Å². The van der Waals surface area contributed by atoms with Gasteiger partial charge in [0.1, 0.15) is 5.82 Å². The van der Waals surface area contributed by atoms with Crippen molar-refractivity contribution in [2.75, 3.05) is 42.5 Å². The molecule has 2 aromatic rings. The van der Waals surface area contributed by atoms with Gasteiger partial charge in [0.25, 0.3) is 5.91 Å². The van der Waals surface area contributed by atoms with Crippen molar-refractivity contribution in [2.24, 2.45) is 5.73 Å². The molecule has 0 bridgehead atoms. The number of aromatic nitrogens is 1. The maximum Gasteiger partial charge on any atom is 0.252 e. The molecular weight excluding hydrogens is 330 g/mol. The summed E-state index contributed by atoms with van der Waals surface area (Å²) >= 11 is 0. The van der Waals surface area contributed by atoms with Gasteiger partial charge < -0.3 is 20.9 Å². The fourth-order valence-corrected chi connectivity index (χ4v) is 3.00. The average Bonchev–Trinajstić information content (AvgIpc) is 2.68.